The number of nitrogens with zero attached hydrogens (tertiary/aromatic N) is 1. The molecular formula is C51H43BN2O2. The summed E-state index contributed by atoms with van der Waals surface area (Å²) in [5.74, 6) is 0. The molecule has 56 heavy (non-hydrogen) atoms. The lowest BCUT2D eigenvalue weighted by Crippen LogP contribution is -2.37. The maximum Gasteiger partial charge on any atom is 0.198 e. The van der Waals surface area contributed by atoms with Gasteiger partial charge >= 0.3 is 0 Å². The first-order valence-corrected chi connectivity index (χ1v) is 19.8. The van der Waals surface area contributed by atoms with Crippen LogP contribution in [0.2, 0.25) is 0 Å². The van der Waals surface area contributed by atoms with Gasteiger partial charge in [0, 0.05) is 66.5 Å². The van der Waals surface area contributed by atoms with E-state index in [-0.39, 0.29) is 10.8 Å². The molecule has 3 aromatic heterocycles. The van der Waals surface area contributed by atoms with Crippen LogP contribution in [-0.4, -0.2) is 11.8 Å². The molecule has 10 aromatic rings. The normalized spacial score (nSPS) is 13.1. The number of hydrogen-bond donors (Lipinski definition) is 1. The quantitative estimate of drug-likeness (QED) is 0.184. The van der Waals surface area contributed by atoms with Gasteiger partial charge < -0.3 is 18.7 Å². The van der Waals surface area contributed by atoms with E-state index in [1.54, 1.807) is 0 Å². The summed E-state index contributed by atoms with van der Waals surface area (Å²) in [5, 5.41) is 10.9. The highest BCUT2D eigenvalue weighted by Gasteiger charge is 2.30. The fourth-order valence-corrected chi connectivity index (χ4v) is 9.26. The van der Waals surface area contributed by atoms with E-state index in [9.17, 15) is 0 Å². The van der Waals surface area contributed by atoms with Crippen molar-refractivity contribution in [2.45, 2.75) is 59.3 Å². The predicted molar refractivity (Wildman–Crippen MR) is 239 cm³/mol. The molecule has 4 heterocycles. The van der Waals surface area contributed by atoms with Gasteiger partial charge in [-0.15, -0.1) is 0 Å². The highest BCUT2D eigenvalue weighted by molar-refractivity contribution is 6.74. The topological polar surface area (TPSA) is 43.2 Å². The maximum absolute atomic E-state index is 6.53. The zero-order valence-corrected chi connectivity index (χ0v) is 33.0. The predicted octanol–water partition coefficient (Wildman–Crippen LogP) is 12.6. The van der Waals surface area contributed by atoms with Crippen molar-refractivity contribution in [1.29, 1.82) is 0 Å². The van der Waals surface area contributed by atoms with Gasteiger partial charge in [-0.3, -0.25) is 0 Å². The average molecular weight is 727 g/mol. The summed E-state index contributed by atoms with van der Waals surface area (Å²) >= 11 is 0. The molecule has 4 nitrogen and oxygen atoms in total. The van der Waals surface area contributed by atoms with Crippen molar-refractivity contribution >= 4 is 95.3 Å². The summed E-state index contributed by atoms with van der Waals surface area (Å²) in [4.78, 5) is 0. The Morgan fingerprint density at radius 2 is 1.18 bits per heavy atom. The number of benzene rings is 7. The van der Waals surface area contributed by atoms with Crippen molar-refractivity contribution in [3.8, 4) is 16.8 Å². The summed E-state index contributed by atoms with van der Waals surface area (Å²) in [7, 11) is 0.797. The molecule has 5 heteroatoms. The minimum absolute atomic E-state index is 0.0235. The van der Waals surface area contributed by atoms with Gasteiger partial charge in [-0.2, -0.15) is 0 Å². The molecule has 11 rings (SSSR count). The van der Waals surface area contributed by atoms with Crippen molar-refractivity contribution in [1.82, 2.24) is 4.57 Å². The Labute approximate surface area is 327 Å². The molecule has 0 fully saturated rings. The molecule has 0 unspecified atom stereocenters. The molecule has 0 radical (unpaired) electrons. The number of rotatable bonds is 3. The van der Waals surface area contributed by atoms with Crippen LogP contribution >= 0.6 is 0 Å². The molecule has 1 N–H and O–H groups in total. The van der Waals surface area contributed by atoms with Gasteiger partial charge in [-0.1, -0.05) is 114 Å². The van der Waals surface area contributed by atoms with E-state index in [1.165, 1.54) is 66.2 Å². The number of para-hydroxylation sites is 2. The molecule has 0 aliphatic carbocycles. The molecule has 0 atom stereocenters. The summed E-state index contributed by atoms with van der Waals surface area (Å²) in [6.45, 7) is 16.0. The molecule has 272 valence electrons. The minimum atomic E-state index is -0.0235. The highest BCUT2D eigenvalue weighted by atomic mass is 16.3. The maximum atomic E-state index is 6.53. The third kappa shape index (κ3) is 4.86. The van der Waals surface area contributed by atoms with Crippen molar-refractivity contribution in [2.24, 2.45) is 0 Å². The molecule has 0 amide bonds. The Morgan fingerprint density at radius 1 is 0.554 bits per heavy atom. The van der Waals surface area contributed by atoms with Gasteiger partial charge in [-0.05, 0) is 94.0 Å². The molecule has 0 saturated carbocycles. The van der Waals surface area contributed by atoms with Crippen LogP contribution in [0.5, 0.6) is 0 Å². The van der Waals surface area contributed by atoms with Gasteiger partial charge in [0.15, 0.2) is 7.28 Å². The standard InChI is InChI=1S/C51H43BN2O2/c1-28-22-37(34-23-30(51(5,6)7)18-21-40(34)53-31-19-16-29(17-20-31)50(2,3)4)48-49-47(28)38-26-45-36(33-13-9-11-15-44(33)55-45)25-41(38)54(49)42-27-46-35(24-39(42)52-48)32-12-8-10-14-43(32)56-46/h8-27,52-53H,1-7H3. The Kier molecular flexibility index (Phi) is 6.77. The number of nitrogens with one attached hydrogen (secondary N) is 1. The van der Waals surface area contributed by atoms with Gasteiger partial charge in [0.1, 0.15) is 22.3 Å². The number of furan rings is 2. The summed E-state index contributed by atoms with van der Waals surface area (Å²) in [5.41, 5.74) is 18.5. The highest BCUT2D eigenvalue weighted by Crippen LogP contribution is 2.44. The Hall–Kier alpha value is -6.20. The Balaban J connectivity index is 1.22. The third-order valence-corrected chi connectivity index (χ3v) is 12.2. The second-order valence-electron chi connectivity index (χ2n) is 18.0. The average Bonchev–Trinajstić information content (AvgIpc) is 3.83. The first kappa shape index (κ1) is 33.2. The third-order valence-electron chi connectivity index (χ3n) is 12.2. The number of aryl methyl sites for hydroxylation is 1. The Morgan fingerprint density at radius 3 is 1.86 bits per heavy atom. The van der Waals surface area contributed by atoms with E-state index in [0.717, 1.165) is 62.5 Å². The fraction of sp³-hybridized carbons (Fsp3) is 0.176. The minimum Gasteiger partial charge on any atom is -0.456 e. The van der Waals surface area contributed by atoms with E-state index >= 15 is 0 Å². The molecule has 7 aromatic carbocycles. The number of aromatic nitrogens is 1. The van der Waals surface area contributed by atoms with Crippen molar-refractivity contribution in [2.75, 3.05) is 5.32 Å². The lowest BCUT2D eigenvalue weighted by molar-refractivity contribution is 0.590. The van der Waals surface area contributed by atoms with Gasteiger partial charge in [0.25, 0.3) is 0 Å². The van der Waals surface area contributed by atoms with E-state index in [2.05, 4.69) is 174 Å². The zero-order valence-electron chi connectivity index (χ0n) is 33.0. The van der Waals surface area contributed by atoms with Crippen LogP contribution in [0.1, 0.15) is 58.2 Å². The number of hydrogen-bond acceptors (Lipinski definition) is 3. The van der Waals surface area contributed by atoms with Gasteiger partial charge in [0.2, 0.25) is 0 Å². The van der Waals surface area contributed by atoms with Crippen LogP contribution in [0.4, 0.5) is 11.4 Å². The van der Waals surface area contributed by atoms with E-state index in [0.29, 0.717) is 0 Å². The summed E-state index contributed by atoms with van der Waals surface area (Å²) < 4.78 is 15.6. The van der Waals surface area contributed by atoms with E-state index in [1.807, 2.05) is 6.07 Å². The van der Waals surface area contributed by atoms with Gasteiger partial charge in [-0.25, -0.2) is 0 Å². The number of anilines is 2. The lowest BCUT2D eigenvalue weighted by atomic mass is 9.58. The van der Waals surface area contributed by atoms with Crippen LogP contribution in [0, 0.1) is 6.92 Å². The summed E-state index contributed by atoms with van der Waals surface area (Å²) in [6.07, 6.45) is 0. The molecule has 0 saturated heterocycles. The molecule has 0 spiro atoms. The number of fused-ring (bicyclic) bond motifs is 11. The van der Waals surface area contributed by atoms with Gasteiger partial charge in [0.05, 0.1) is 5.52 Å². The molecule has 0 bridgehead atoms. The fourth-order valence-electron chi connectivity index (χ4n) is 9.26. The van der Waals surface area contributed by atoms with Crippen molar-refractivity contribution in [3.63, 3.8) is 0 Å². The first-order chi connectivity index (χ1) is 26.9. The van der Waals surface area contributed by atoms with Crippen LogP contribution < -0.4 is 16.2 Å². The van der Waals surface area contributed by atoms with E-state index < -0.39 is 0 Å². The zero-order chi connectivity index (χ0) is 38.2. The Bertz CT molecular complexity index is 3270. The molecular weight excluding hydrogens is 683 g/mol. The van der Waals surface area contributed by atoms with Crippen LogP contribution in [0.3, 0.4) is 0 Å². The largest absolute Gasteiger partial charge is 0.456 e. The second kappa shape index (κ2) is 11.4. The van der Waals surface area contributed by atoms with E-state index in [4.69, 9.17) is 8.83 Å². The summed E-state index contributed by atoms with van der Waals surface area (Å²) in [6, 6.07) is 44.4. The monoisotopic (exact) mass is 726 g/mol. The van der Waals surface area contributed by atoms with Crippen LogP contribution in [0.25, 0.3) is 82.5 Å². The van der Waals surface area contributed by atoms with Crippen LogP contribution in [0.15, 0.2) is 130 Å². The van der Waals surface area contributed by atoms with Crippen molar-refractivity contribution < 1.29 is 8.83 Å². The molecule has 1 aliphatic heterocycles. The SMILES string of the molecule is Cc1cc(-c2cc(C(C)(C)C)ccc2Nc2ccc(C(C)(C)C)cc2)c2c3c1c1cc4oc5ccccc5c4cc1n3-c1cc3oc4ccccc4c3cc1B2. The molecule has 1 aliphatic rings. The van der Waals surface area contributed by atoms with Crippen LogP contribution in [-0.2, 0) is 10.8 Å². The lowest BCUT2D eigenvalue weighted by Gasteiger charge is -2.26. The second-order valence-corrected chi connectivity index (χ2v) is 18.0. The van der Waals surface area contributed by atoms with Crippen molar-refractivity contribution in [3.05, 3.63) is 138 Å². The first-order valence-electron chi connectivity index (χ1n) is 19.8. The smallest absolute Gasteiger partial charge is 0.198 e.